The number of likely N-dealkylation sites (tertiary alicyclic amines) is 1. The van der Waals surface area contributed by atoms with E-state index in [1.165, 1.54) is 10.9 Å². The van der Waals surface area contributed by atoms with E-state index in [-0.39, 0.29) is 30.6 Å². The van der Waals surface area contributed by atoms with Gasteiger partial charge in [0.2, 0.25) is 5.91 Å². The summed E-state index contributed by atoms with van der Waals surface area (Å²) in [5.41, 5.74) is 0.421. The minimum Gasteiger partial charge on any atom is -0.383 e. The molecule has 1 aliphatic rings. The number of piperidine rings is 1. The van der Waals surface area contributed by atoms with Crippen LogP contribution in [0.1, 0.15) is 25.3 Å². The van der Waals surface area contributed by atoms with Crippen molar-refractivity contribution in [2.24, 2.45) is 0 Å². The molecule has 1 aliphatic heterocycles. The van der Waals surface area contributed by atoms with Crippen LogP contribution >= 0.6 is 0 Å². The zero-order chi connectivity index (χ0) is 24.1. The second-order valence-corrected chi connectivity index (χ2v) is 8.38. The summed E-state index contributed by atoms with van der Waals surface area (Å²) < 4.78 is 15.0. The third kappa shape index (κ3) is 4.97. The van der Waals surface area contributed by atoms with Gasteiger partial charge in [0, 0.05) is 33.4 Å². The highest BCUT2D eigenvalue weighted by atomic mass is 16.5. The number of ether oxygens (including phenoxy) is 2. The molecular formula is C24H31N5O5. The molecule has 3 aromatic rings. The summed E-state index contributed by atoms with van der Waals surface area (Å²) in [5.74, 6) is -0.247. The smallest absolute Gasteiger partial charge is 0.333 e. The van der Waals surface area contributed by atoms with Gasteiger partial charge in [0.1, 0.15) is 6.54 Å². The number of methoxy groups -OCH3 is 1. The molecule has 1 aromatic carbocycles. The summed E-state index contributed by atoms with van der Waals surface area (Å²) in [6.45, 7) is 4.42. The molecule has 0 saturated carbocycles. The number of carbonyl (C=O) groups excluding carboxylic acids is 1. The minimum atomic E-state index is -0.545. The Morgan fingerprint density at radius 2 is 1.85 bits per heavy atom. The fraction of sp³-hybridized carbons (Fsp3) is 0.500. The van der Waals surface area contributed by atoms with Crippen molar-refractivity contribution in [2.45, 2.75) is 45.5 Å². The average molecular weight is 470 g/mol. The number of hydrogen-bond acceptors (Lipinski definition) is 6. The predicted molar refractivity (Wildman–Crippen MR) is 127 cm³/mol. The van der Waals surface area contributed by atoms with E-state index >= 15 is 0 Å². The molecule has 0 radical (unpaired) electrons. The Labute approximate surface area is 197 Å². The Hall–Kier alpha value is -3.24. The van der Waals surface area contributed by atoms with Gasteiger partial charge in [-0.15, -0.1) is 0 Å². The summed E-state index contributed by atoms with van der Waals surface area (Å²) in [6, 6.07) is 9.49. The van der Waals surface area contributed by atoms with Crippen LogP contribution in [-0.2, 0) is 33.9 Å². The van der Waals surface area contributed by atoms with Crippen molar-refractivity contribution in [3.05, 3.63) is 63.1 Å². The lowest BCUT2D eigenvalue weighted by Gasteiger charge is -2.31. The predicted octanol–water partition coefficient (Wildman–Crippen LogP) is 1.08. The van der Waals surface area contributed by atoms with Crippen LogP contribution in [-0.4, -0.2) is 69.0 Å². The third-order valence-electron chi connectivity index (χ3n) is 6.19. The van der Waals surface area contributed by atoms with Crippen LogP contribution in [0.15, 0.2) is 46.2 Å². The molecule has 1 amide bonds. The summed E-state index contributed by atoms with van der Waals surface area (Å²) in [6.07, 6.45) is 3.17. The fourth-order valence-corrected chi connectivity index (χ4v) is 4.39. The highest BCUT2D eigenvalue weighted by molar-refractivity contribution is 5.77. The second-order valence-electron chi connectivity index (χ2n) is 8.38. The molecule has 2 aromatic heterocycles. The maximum atomic E-state index is 13.4. The molecule has 0 atom stereocenters. The number of rotatable bonds is 9. The highest BCUT2D eigenvalue weighted by Crippen LogP contribution is 2.14. The van der Waals surface area contributed by atoms with Gasteiger partial charge < -0.3 is 18.9 Å². The van der Waals surface area contributed by atoms with Crippen molar-refractivity contribution in [1.82, 2.24) is 23.6 Å². The van der Waals surface area contributed by atoms with Gasteiger partial charge in [0.05, 0.1) is 25.6 Å². The van der Waals surface area contributed by atoms with Gasteiger partial charge in [0.25, 0.3) is 5.56 Å². The molecule has 0 unspecified atom stereocenters. The van der Waals surface area contributed by atoms with E-state index in [1.54, 1.807) is 16.6 Å². The molecular weight excluding hydrogens is 438 g/mol. The number of aromatic nitrogens is 4. The Morgan fingerprint density at radius 3 is 2.53 bits per heavy atom. The zero-order valence-corrected chi connectivity index (χ0v) is 19.7. The number of hydrogen-bond donors (Lipinski definition) is 0. The van der Waals surface area contributed by atoms with Crippen LogP contribution < -0.4 is 11.2 Å². The second kappa shape index (κ2) is 10.8. The number of benzene rings is 1. The van der Waals surface area contributed by atoms with E-state index in [4.69, 9.17) is 9.47 Å². The molecule has 1 saturated heterocycles. The zero-order valence-electron chi connectivity index (χ0n) is 19.7. The molecule has 0 spiro atoms. The Balaban J connectivity index is 1.70. The van der Waals surface area contributed by atoms with Crippen LogP contribution in [0.4, 0.5) is 0 Å². The highest BCUT2D eigenvalue weighted by Gasteiger charge is 2.25. The first kappa shape index (κ1) is 23.9. The number of amides is 1. The van der Waals surface area contributed by atoms with Gasteiger partial charge in [-0.05, 0) is 25.3 Å². The largest absolute Gasteiger partial charge is 0.383 e. The van der Waals surface area contributed by atoms with Gasteiger partial charge in [-0.2, -0.15) is 0 Å². The number of nitrogens with zero attached hydrogens (tertiary/aromatic N) is 5. The SMILES string of the molecule is CCOC1CCN(C(=O)Cn2c(=O)c3c(ncn3CCOC)n(Cc3ccccc3)c2=O)CC1. The first-order chi connectivity index (χ1) is 16.5. The van der Waals surface area contributed by atoms with E-state index in [0.29, 0.717) is 38.5 Å². The lowest BCUT2D eigenvalue weighted by atomic mass is 10.1. The van der Waals surface area contributed by atoms with Crippen LogP contribution in [0.5, 0.6) is 0 Å². The van der Waals surface area contributed by atoms with Gasteiger partial charge in [0.15, 0.2) is 11.2 Å². The van der Waals surface area contributed by atoms with E-state index in [0.717, 1.165) is 23.0 Å². The first-order valence-corrected chi connectivity index (χ1v) is 11.6. The fourth-order valence-electron chi connectivity index (χ4n) is 4.39. The average Bonchev–Trinajstić information content (AvgIpc) is 3.28. The van der Waals surface area contributed by atoms with Crippen LogP contribution in [0.25, 0.3) is 11.2 Å². The summed E-state index contributed by atoms with van der Waals surface area (Å²) in [4.78, 5) is 46.0. The van der Waals surface area contributed by atoms with Crippen LogP contribution in [0.3, 0.4) is 0 Å². The summed E-state index contributed by atoms with van der Waals surface area (Å²) in [5, 5.41) is 0. The van der Waals surface area contributed by atoms with Gasteiger partial charge in [-0.3, -0.25) is 14.2 Å². The van der Waals surface area contributed by atoms with Gasteiger partial charge in [-0.1, -0.05) is 30.3 Å². The first-order valence-electron chi connectivity index (χ1n) is 11.6. The molecule has 1 fully saturated rings. The molecule has 0 aliphatic carbocycles. The molecule has 10 nitrogen and oxygen atoms in total. The summed E-state index contributed by atoms with van der Waals surface area (Å²) in [7, 11) is 1.58. The molecule has 0 bridgehead atoms. The van der Waals surface area contributed by atoms with Crippen molar-refractivity contribution in [2.75, 3.05) is 33.4 Å². The third-order valence-corrected chi connectivity index (χ3v) is 6.19. The monoisotopic (exact) mass is 469 g/mol. The van der Waals surface area contributed by atoms with Crippen molar-refractivity contribution in [3.8, 4) is 0 Å². The normalized spacial score (nSPS) is 14.7. The van der Waals surface area contributed by atoms with E-state index in [1.807, 2.05) is 37.3 Å². The molecule has 4 rings (SSSR count). The Kier molecular flexibility index (Phi) is 7.59. The standard InChI is InChI=1S/C24H31N5O5/c1-3-34-19-9-11-26(12-10-19)20(30)16-29-23(31)21-22(25-17-27(21)13-14-33-2)28(24(29)32)15-18-7-5-4-6-8-18/h4-8,17,19H,3,9-16H2,1-2H3. The molecule has 182 valence electrons. The van der Waals surface area contributed by atoms with Crippen molar-refractivity contribution >= 4 is 17.1 Å². The van der Waals surface area contributed by atoms with E-state index in [2.05, 4.69) is 4.98 Å². The quantitative estimate of drug-likeness (QED) is 0.465. The molecule has 3 heterocycles. The Bertz CT molecular complexity index is 1240. The van der Waals surface area contributed by atoms with Gasteiger partial charge >= 0.3 is 5.69 Å². The summed E-state index contributed by atoms with van der Waals surface area (Å²) >= 11 is 0. The number of imidazole rings is 1. The molecule has 34 heavy (non-hydrogen) atoms. The van der Waals surface area contributed by atoms with Crippen molar-refractivity contribution < 1.29 is 14.3 Å². The van der Waals surface area contributed by atoms with E-state index in [9.17, 15) is 14.4 Å². The lowest BCUT2D eigenvalue weighted by Crippen LogP contribution is -2.47. The molecule has 0 N–H and O–H groups in total. The number of fused-ring (bicyclic) bond motifs is 1. The lowest BCUT2D eigenvalue weighted by molar-refractivity contribution is -0.134. The Morgan fingerprint density at radius 1 is 1.12 bits per heavy atom. The van der Waals surface area contributed by atoms with Crippen LogP contribution in [0, 0.1) is 0 Å². The minimum absolute atomic E-state index is 0.145. The maximum Gasteiger partial charge on any atom is 0.333 e. The molecule has 10 heteroatoms. The van der Waals surface area contributed by atoms with E-state index < -0.39 is 11.2 Å². The van der Waals surface area contributed by atoms with Gasteiger partial charge in [-0.25, -0.2) is 14.3 Å². The number of carbonyl (C=O) groups is 1. The topological polar surface area (TPSA) is 101 Å². The van der Waals surface area contributed by atoms with Crippen molar-refractivity contribution in [3.63, 3.8) is 0 Å². The van der Waals surface area contributed by atoms with Crippen molar-refractivity contribution in [1.29, 1.82) is 0 Å². The van der Waals surface area contributed by atoms with Crippen LogP contribution in [0.2, 0.25) is 0 Å². The maximum absolute atomic E-state index is 13.4.